The van der Waals surface area contributed by atoms with E-state index in [1.165, 1.54) is 151 Å². The van der Waals surface area contributed by atoms with E-state index in [2.05, 4.69) is 34.4 Å². The summed E-state index contributed by atoms with van der Waals surface area (Å²) in [7, 11) is 0. The molecule has 0 atom stereocenters. The van der Waals surface area contributed by atoms with Crippen LogP contribution in [0.4, 0.5) is 10.3 Å². The Morgan fingerprint density at radius 3 is 1.02 bits per heavy atom. The number of carbonyl (C=O) groups is 2. The molecule has 2 rings (SSSR count). The first-order chi connectivity index (χ1) is 21.4. The predicted molar refractivity (Wildman–Crippen MR) is 193 cm³/mol. The molecule has 0 aliphatic heterocycles. The largest absolute Gasteiger partial charge is 0.302 e. The van der Waals surface area contributed by atoms with E-state index < -0.39 is 0 Å². The Morgan fingerprint density at radius 1 is 0.500 bits per heavy atom. The summed E-state index contributed by atoms with van der Waals surface area (Å²) >= 11 is 2.99. The molecule has 0 saturated carbocycles. The van der Waals surface area contributed by atoms with Crippen LogP contribution in [0.2, 0.25) is 0 Å². The number of anilines is 2. The zero-order valence-electron chi connectivity index (χ0n) is 28.7. The molecule has 0 bridgehead atoms. The summed E-state index contributed by atoms with van der Waals surface area (Å²) in [5, 5.41) is 11.1. The first-order valence-corrected chi connectivity index (χ1v) is 19.6. The Hall–Kier alpha value is -1.80. The SMILES string of the molecule is CCCCCCCCCCCCCC(=O)Nc1nc(C)cs1.CCCCCCCCCCCCCC(=O)Nc1nc(C)cs1. The van der Waals surface area contributed by atoms with Gasteiger partial charge in [-0.15, -0.1) is 22.7 Å². The van der Waals surface area contributed by atoms with Crippen LogP contribution in [-0.2, 0) is 9.59 Å². The summed E-state index contributed by atoms with van der Waals surface area (Å²) in [5.41, 5.74) is 1.94. The highest BCUT2D eigenvalue weighted by molar-refractivity contribution is 7.14. The van der Waals surface area contributed by atoms with Gasteiger partial charge in [0, 0.05) is 23.6 Å². The Bertz CT molecular complexity index is 883. The van der Waals surface area contributed by atoms with Gasteiger partial charge < -0.3 is 10.6 Å². The topological polar surface area (TPSA) is 84.0 Å². The fourth-order valence-electron chi connectivity index (χ4n) is 5.09. The van der Waals surface area contributed by atoms with Gasteiger partial charge in [-0.1, -0.05) is 142 Å². The second kappa shape index (κ2) is 28.7. The van der Waals surface area contributed by atoms with E-state index in [4.69, 9.17) is 0 Å². The summed E-state index contributed by atoms with van der Waals surface area (Å²) < 4.78 is 0. The van der Waals surface area contributed by atoms with Crippen LogP contribution in [0, 0.1) is 13.8 Å². The number of hydrogen-bond donors (Lipinski definition) is 2. The lowest BCUT2D eigenvalue weighted by Crippen LogP contribution is -2.10. The van der Waals surface area contributed by atoms with Crippen molar-refractivity contribution in [2.45, 2.75) is 182 Å². The normalized spacial score (nSPS) is 10.8. The van der Waals surface area contributed by atoms with Gasteiger partial charge in [-0.25, -0.2) is 9.97 Å². The van der Waals surface area contributed by atoms with Gasteiger partial charge in [0.05, 0.1) is 11.4 Å². The van der Waals surface area contributed by atoms with E-state index in [1.54, 1.807) is 0 Å². The summed E-state index contributed by atoms with van der Waals surface area (Å²) in [6, 6.07) is 0. The highest BCUT2D eigenvalue weighted by Crippen LogP contribution is 2.17. The van der Waals surface area contributed by atoms with Gasteiger partial charge in [0.1, 0.15) is 0 Å². The summed E-state index contributed by atoms with van der Waals surface area (Å²) in [6.07, 6.45) is 30.1. The number of rotatable bonds is 26. The number of unbranched alkanes of at least 4 members (excludes halogenated alkanes) is 20. The van der Waals surface area contributed by atoms with Crippen LogP contribution in [0.5, 0.6) is 0 Å². The minimum Gasteiger partial charge on any atom is -0.302 e. The monoisotopic (exact) mass is 648 g/mol. The van der Waals surface area contributed by atoms with Crippen LogP contribution in [-0.4, -0.2) is 21.8 Å². The first kappa shape index (κ1) is 40.2. The molecule has 0 spiro atoms. The summed E-state index contributed by atoms with van der Waals surface area (Å²) in [4.78, 5) is 32.0. The van der Waals surface area contributed by atoms with E-state index in [0.29, 0.717) is 12.8 Å². The molecule has 2 N–H and O–H groups in total. The Kier molecular flexibility index (Phi) is 26.2. The van der Waals surface area contributed by atoms with Crippen LogP contribution < -0.4 is 10.6 Å². The van der Waals surface area contributed by atoms with Gasteiger partial charge in [-0.3, -0.25) is 9.59 Å². The van der Waals surface area contributed by atoms with Crippen molar-refractivity contribution in [1.82, 2.24) is 9.97 Å². The molecule has 6 nitrogen and oxygen atoms in total. The van der Waals surface area contributed by atoms with E-state index >= 15 is 0 Å². The molecule has 0 unspecified atom stereocenters. The van der Waals surface area contributed by atoms with E-state index in [1.807, 2.05) is 24.6 Å². The van der Waals surface area contributed by atoms with Gasteiger partial charge >= 0.3 is 0 Å². The molecule has 44 heavy (non-hydrogen) atoms. The van der Waals surface area contributed by atoms with Crippen LogP contribution in [0.25, 0.3) is 0 Å². The van der Waals surface area contributed by atoms with Crippen molar-refractivity contribution < 1.29 is 9.59 Å². The lowest BCUT2D eigenvalue weighted by molar-refractivity contribution is -0.117. The molecule has 0 aliphatic rings. The van der Waals surface area contributed by atoms with Crippen molar-refractivity contribution in [3.63, 3.8) is 0 Å². The lowest BCUT2D eigenvalue weighted by atomic mass is 10.1. The predicted octanol–water partition coefficient (Wildman–Crippen LogP) is 12.2. The second-order valence-corrected chi connectivity index (χ2v) is 14.0. The molecule has 2 amide bonds. The van der Waals surface area contributed by atoms with E-state index in [-0.39, 0.29) is 11.8 Å². The van der Waals surface area contributed by atoms with Crippen molar-refractivity contribution in [2.24, 2.45) is 0 Å². The van der Waals surface area contributed by atoms with Crippen LogP contribution in [0.15, 0.2) is 10.8 Å². The fourth-order valence-corrected chi connectivity index (χ4v) is 6.49. The molecule has 0 radical (unpaired) electrons. The molecule has 8 heteroatoms. The third-order valence-corrected chi connectivity index (χ3v) is 9.50. The fraction of sp³-hybridized carbons (Fsp3) is 0.778. The molecular weight excluding hydrogens is 585 g/mol. The van der Waals surface area contributed by atoms with E-state index in [0.717, 1.165) is 34.5 Å². The maximum atomic E-state index is 11.7. The van der Waals surface area contributed by atoms with Crippen molar-refractivity contribution in [3.05, 3.63) is 22.1 Å². The molecule has 252 valence electrons. The maximum absolute atomic E-state index is 11.7. The number of nitrogens with zero attached hydrogens (tertiary/aromatic N) is 2. The van der Waals surface area contributed by atoms with Gasteiger partial charge in [0.2, 0.25) is 11.8 Å². The first-order valence-electron chi connectivity index (χ1n) is 17.9. The number of thiazole rings is 2. The number of amides is 2. The molecule has 0 aromatic carbocycles. The number of hydrogen-bond acceptors (Lipinski definition) is 6. The zero-order valence-corrected chi connectivity index (χ0v) is 30.3. The standard InChI is InChI=1S/2C18H32N2OS/c2*1-3-4-5-6-7-8-9-10-11-12-13-14-17(21)20-18-19-16(2)15-22-18/h2*15H,3-14H2,1-2H3,(H,19,20,21). The van der Waals surface area contributed by atoms with Crippen molar-refractivity contribution >= 4 is 44.8 Å². The molecule has 2 aromatic rings. The third kappa shape index (κ3) is 24.5. The molecule has 0 fully saturated rings. The number of aryl methyl sites for hydroxylation is 2. The smallest absolute Gasteiger partial charge is 0.226 e. The number of aromatic nitrogens is 2. The second-order valence-electron chi connectivity index (χ2n) is 12.3. The van der Waals surface area contributed by atoms with Crippen molar-refractivity contribution in [2.75, 3.05) is 10.6 Å². The van der Waals surface area contributed by atoms with Gasteiger partial charge in [-0.2, -0.15) is 0 Å². The van der Waals surface area contributed by atoms with E-state index in [9.17, 15) is 9.59 Å². The minimum atomic E-state index is 0.102. The molecule has 2 heterocycles. The minimum absolute atomic E-state index is 0.102. The zero-order chi connectivity index (χ0) is 32.1. The highest BCUT2D eigenvalue weighted by atomic mass is 32.1. The molecule has 2 aromatic heterocycles. The Balaban J connectivity index is 0.000000440. The molecule has 0 saturated heterocycles. The number of carbonyl (C=O) groups excluding carboxylic acids is 2. The highest BCUT2D eigenvalue weighted by Gasteiger charge is 2.06. The number of nitrogens with one attached hydrogen (secondary N) is 2. The molecular formula is C36H64N4O2S2. The summed E-state index contributed by atoms with van der Waals surface area (Å²) in [6.45, 7) is 8.41. The van der Waals surface area contributed by atoms with Crippen molar-refractivity contribution in [3.8, 4) is 0 Å². The van der Waals surface area contributed by atoms with Gasteiger partial charge in [0.25, 0.3) is 0 Å². The summed E-state index contributed by atoms with van der Waals surface area (Å²) in [5.74, 6) is 0.204. The molecule has 0 aliphatic carbocycles. The average Bonchev–Trinajstić information content (AvgIpc) is 3.61. The van der Waals surface area contributed by atoms with Gasteiger partial charge in [0.15, 0.2) is 10.3 Å². The average molecular weight is 649 g/mol. The maximum Gasteiger partial charge on any atom is 0.226 e. The Labute approximate surface area is 278 Å². The van der Waals surface area contributed by atoms with Crippen LogP contribution in [0.1, 0.15) is 179 Å². The van der Waals surface area contributed by atoms with Crippen molar-refractivity contribution in [1.29, 1.82) is 0 Å². The van der Waals surface area contributed by atoms with Gasteiger partial charge in [-0.05, 0) is 26.7 Å². The lowest BCUT2D eigenvalue weighted by Gasteiger charge is -2.03. The van der Waals surface area contributed by atoms with Crippen LogP contribution >= 0.6 is 22.7 Å². The Morgan fingerprint density at radius 2 is 0.773 bits per heavy atom. The van der Waals surface area contributed by atoms with Crippen LogP contribution in [0.3, 0.4) is 0 Å². The quantitative estimate of drug-likeness (QED) is 0.0994. The third-order valence-electron chi connectivity index (χ3n) is 7.75.